The molecule has 4 nitrogen and oxygen atoms in total. The van der Waals surface area contributed by atoms with Crippen LogP contribution in [0.1, 0.15) is 0 Å². The van der Waals surface area contributed by atoms with Gasteiger partial charge in [0, 0.05) is 0 Å². The number of hydrogen-bond donors (Lipinski definition) is 2. The van der Waals surface area contributed by atoms with Gasteiger partial charge in [0.15, 0.2) is 0 Å². The van der Waals surface area contributed by atoms with Gasteiger partial charge in [-0.15, -0.1) is 0 Å². The molecule has 9 heavy (non-hydrogen) atoms. The second kappa shape index (κ2) is 4.29. The predicted molar refractivity (Wildman–Crippen MR) is 31.9 cm³/mol. The van der Waals surface area contributed by atoms with Gasteiger partial charge >= 0.3 is 5.97 Å². The molecule has 0 aromatic heterocycles. The molecule has 4 heteroatoms. The van der Waals surface area contributed by atoms with Gasteiger partial charge in [-0.25, -0.2) is 0 Å². The van der Waals surface area contributed by atoms with Crippen LogP contribution in [0.2, 0.25) is 0 Å². The molecule has 1 atom stereocenters. The van der Waals surface area contributed by atoms with E-state index in [0.29, 0.717) is 0 Å². The molecule has 0 heterocycles. The van der Waals surface area contributed by atoms with Crippen molar-refractivity contribution in [1.82, 2.24) is 5.32 Å². The van der Waals surface area contributed by atoms with Crippen molar-refractivity contribution < 1.29 is 14.6 Å². The van der Waals surface area contributed by atoms with E-state index in [0.717, 1.165) is 0 Å². The average Bonchev–Trinajstić information content (AvgIpc) is 1.90. The Morgan fingerprint density at radius 3 is 2.56 bits per heavy atom. The molecule has 0 unspecified atom stereocenters. The minimum absolute atomic E-state index is 0.233. The van der Waals surface area contributed by atoms with Crippen molar-refractivity contribution in [2.75, 3.05) is 20.8 Å². The second-order valence-electron chi connectivity index (χ2n) is 1.55. The van der Waals surface area contributed by atoms with Crippen LogP contribution in [-0.2, 0) is 9.53 Å². The van der Waals surface area contributed by atoms with Crippen molar-refractivity contribution in [2.24, 2.45) is 0 Å². The summed E-state index contributed by atoms with van der Waals surface area (Å²) in [6, 6.07) is -0.588. The van der Waals surface area contributed by atoms with Gasteiger partial charge in [0.05, 0.1) is 13.7 Å². The van der Waals surface area contributed by atoms with Crippen molar-refractivity contribution in [3.8, 4) is 0 Å². The van der Waals surface area contributed by atoms with E-state index < -0.39 is 12.0 Å². The molecular formula is C5H11NO3. The number of methoxy groups -OCH3 is 1. The fourth-order valence-corrected chi connectivity index (χ4v) is 0.426. The number of ether oxygens (including phenoxy) is 1. The number of esters is 1. The van der Waals surface area contributed by atoms with Crippen molar-refractivity contribution in [3.05, 3.63) is 0 Å². The largest absolute Gasteiger partial charge is 0.468 e. The Bertz CT molecular complexity index is 90.2. The van der Waals surface area contributed by atoms with Gasteiger partial charge < -0.3 is 15.2 Å². The smallest absolute Gasteiger partial charge is 0.325 e. The lowest BCUT2D eigenvalue weighted by Gasteiger charge is -2.08. The molecule has 0 fully saturated rings. The van der Waals surface area contributed by atoms with E-state index in [1.54, 1.807) is 7.05 Å². The number of carbonyl (C=O) groups excluding carboxylic acids is 1. The molecule has 54 valence electrons. The van der Waals surface area contributed by atoms with E-state index in [4.69, 9.17) is 5.11 Å². The SMILES string of the molecule is CN[C@H](CO)C(=O)OC. The summed E-state index contributed by atoms with van der Waals surface area (Å²) < 4.78 is 4.33. The summed E-state index contributed by atoms with van der Waals surface area (Å²) >= 11 is 0. The normalized spacial score (nSPS) is 12.8. The van der Waals surface area contributed by atoms with E-state index in [9.17, 15) is 4.79 Å². The number of aliphatic hydroxyl groups excluding tert-OH is 1. The first kappa shape index (κ1) is 8.39. The Labute approximate surface area is 53.8 Å². The van der Waals surface area contributed by atoms with Crippen LogP contribution in [0, 0.1) is 0 Å². The van der Waals surface area contributed by atoms with E-state index in [-0.39, 0.29) is 6.61 Å². The summed E-state index contributed by atoms with van der Waals surface area (Å²) in [6.45, 7) is -0.233. The Kier molecular flexibility index (Phi) is 4.00. The average molecular weight is 133 g/mol. The maximum atomic E-state index is 10.5. The summed E-state index contributed by atoms with van der Waals surface area (Å²) in [5.74, 6) is -0.444. The van der Waals surface area contributed by atoms with Crippen molar-refractivity contribution >= 4 is 5.97 Å². The quantitative estimate of drug-likeness (QED) is 0.472. The van der Waals surface area contributed by atoms with Gasteiger partial charge in [0.1, 0.15) is 6.04 Å². The van der Waals surface area contributed by atoms with E-state index in [2.05, 4.69) is 10.1 Å². The standard InChI is InChI=1S/C5H11NO3/c1-6-4(3-7)5(8)9-2/h4,6-7H,3H2,1-2H3/t4-/m1/s1. The van der Waals surface area contributed by atoms with Crippen LogP contribution < -0.4 is 5.32 Å². The predicted octanol–water partition coefficient (Wildman–Crippen LogP) is -1.26. The molecule has 0 spiro atoms. The molecule has 0 aliphatic rings. The Balaban J connectivity index is 3.64. The van der Waals surface area contributed by atoms with Crippen LogP contribution in [-0.4, -0.2) is 37.9 Å². The van der Waals surface area contributed by atoms with Gasteiger partial charge in [-0.1, -0.05) is 0 Å². The number of likely N-dealkylation sites (N-methyl/N-ethyl adjacent to an activating group) is 1. The zero-order valence-electron chi connectivity index (χ0n) is 5.55. The van der Waals surface area contributed by atoms with Gasteiger partial charge in [0.25, 0.3) is 0 Å². The van der Waals surface area contributed by atoms with Crippen LogP contribution in [0.15, 0.2) is 0 Å². The van der Waals surface area contributed by atoms with Crippen LogP contribution >= 0.6 is 0 Å². The first-order chi connectivity index (χ1) is 4.26. The molecule has 2 N–H and O–H groups in total. The van der Waals surface area contributed by atoms with Crippen LogP contribution in [0.5, 0.6) is 0 Å². The zero-order chi connectivity index (χ0) is 7.28. The first-order valence-electron chi connectivity index (χ1n) is 2.62. The molecule has 0 bridgehead atoms. The number of carbonyl (C=O) groups is 1. The lowest BCUT2D eigenvalue weighted by Crippen LogP contribution is -2.37. The number of aliphatic hydroxyl groups is 1. The zero-order valence-corrected chi connectivity index (χ0v) is 5.55. The fourth-order valence-electron chi connectivity index (χ4n) is 0.426. The van der Waals surface area contributed by atoms with Crippen molar-refractivity contribution in [3.63, 3.8) is 0 Å². The van der Waals surface area contributed by atoms with Crippen molar-refractivity contribution in [2.45, 2.75) is 6.04 Å². The van der Waals surface area contributed by atoms with Gasteiger partial charge in [0.2, 0.25) is 0 Å². The Morgan fingerprint density at radius 2 is 2.44 bits per heavy atom. The second-order valence-corrected chi connectivity index (χ2v) is 1.55. The van der Waals surface area contributed by atoms with Gasteiger partial charge in [-0.3, -0.25) is 4.79 Å². The molecule has 0 aliphatic carbocycles. The first-order valence-corrected chi connectivity index (χ1v) is 2.62. The third kappa shape index (κ3) is 2.43. The summed E-state index contributed by atoms with van der Waals surface area (Å²) in [5, 5.41) is 11.0. The molecular weight excluding hydrogens is 122 g/mol. The third-order valence-corrected chi connectivity index (χ3v) is 1.02. The van der Waals surface area contributed by atoms with E-state index in [1.807, 2.05) is 0 Å². The highest BCUT2D eigenvalue weighted by atomic mass is 16.5. The molecule has 0 saturated carbocycles. The molecule has 0 rings (SSSR count). The maximum absolute atomic E-state index is 10.5. The summed E-state index contributed by atoms with van der Waals surface area (Å²) in [7, 11) is 2.86. The monoisotopic (exact) mass is 133 g/mol. The molecule has 0 saturated heterocycles. The van der Waals surface area contributed by atoms with Crippen LogP contribution in [0.25, 0.3) is 0 Å². The summed E-state index contributed by atoms with van der Waals surface area (Å²) in [4.78, 5) is 10.5. The Morgan fingerprint density at radius 1 is 1.89 bits per heavy atom. The van der Waals surface area contributed by atoms with Crippen LogP contribution in [0.3, 0.4) is 0 Å². The number of nitrogens with one attached hydrogen (secondary N) is 1. The van der Waals surface area contributed by atoms with Gasteiger partial charge in [-0.05, 0) is 7.05 Å². The molecule has 0 aliphatic heterocycles. The number of rotatable bonds is 3. The molecule has 0 amide bonds. The topological polar surface area (TPSA) is 58.6 Å². The maximum Gasteiger partial charge on any atom is 0.325 e. The van der Waals surface area contributed by atoms with Gasteiger partial charge in [-0.2, -0.15) is 0 Å². The number of hydrogen-bond acceptors (Lipinski definition) is 4. The minimum atomic E-state index is -0.588. The summed E-state index contributed by atoms with van der Waals surface area (Å²) in [5.41, 5.74) is 0. The molecule has 0 aromatic rings. The van der Waals surface area contributed by atoms with Crippen LogP contribution in [0.4, 0.5) is 0 Å². The highest BCUT2D eigenvalue weighted by Gasteiger charge is 2.13. The highest BCUT2D eigenvalue weighted by molar-refractivity contribution is 5.75. The molecule has 0 radical (unpaired) electrons. The van der Waals surface area contributed by atoms with E-state index in [1.165, 1.54) is 7.11 Å². The highest BCUT2D eigenvalue weighted by Crippen LogP contribution is 1.82. The lowest BCUT2D eigenvalue weighted by atomic mass is 10.3. The third-order valence-electron chi connectivity index (χ3n) is 1.02. The van der Waals surface area contributed by atoms with E-state index >= 15 is 0 Å². The molecule has 0 aromatic carbocycles. The fraction of sp³-hybridized carbons (Fsp3) is 0.800. The van der Waals surface area contributed by atoms with Crippen molar-refractivity contribution in [1.29, 1.82) is 0 Å². The summed E-state index contributed by atoms with van der Waals surface area (Å²) in [6.07, 6.45) is 0. The lowest BCUT2D eigenvalue weighted by molar-refractivity contribution is -0.143. The minimum Gasteiger partial charge on any atom is -0.468 e. The Hall–Kier alpha value is -0.610.